The Balaban J connectivity index is 1.37. The van der Waals surface area contributed by atoms with Crippen molar-refractivity contribution in [3.05, 3.63) is 102 Å². The van der Waals surface area contributed by atoms with E-state index < -0.39 is 0 Å². The molecule has 2 aromatic heterocycles. The lowest BCUT2D eigenvalue weighted by atomic mass is 9.98. The van der Waals surface area contributed by atoms with E-state index in [2.05, 4.69) is 57.7 Å². The molecule has 0 spiro atoms. The maximum Gasteiger partial charge on any atom is 0.189 e. The third-order valence-corrected chi connectivity index (χ3v) is 6.46. The van der Waals surface area contributed by atoms with Crippen LogP contribution in [-0.4, -0.2) is 32.9 Å². The Morgan fingerprint density at radius 3 is 2.31 bits per heavy atom. The molecule has 0 atom stereocenters. The first-order valence-corrected chi connectivity index (χ1v) is 12.8. The van der Waals surface area contributed by atoms with E-state index >= 15 is 0 Å². The van der Waals surface area contributed by atoms with Gasteiger partial charge < -0.3 is 10.4 Å². The van der Waals surface area contributed by atoms with E-state index in [1.54, 1.807) is 12.1 Å². The number of nitrogens with zero attached hydrogens (tertiary/aromatic N) is 3. The molecule has 3 aromatic carbocycles. The highest BCUT2D eigenvalue weighted by Crippen LogP contribution is 2.33. The standard InChI is InChI=1S/C29H26N4OS/c1-35-29-31-19-24-17-26(22-5-3-2-4-6-22)27(32-28(24)33-29)23-11-7-21(8-12-23)18-30-16-15-20-9-13-25(34)14-10-20/h2-14,17,19,30,34H,15-16,18H2,1H3. The molecule has 0 unspecified atom stereocenters. The van der Waals surface area contributed by atoms with Crippen molar-refractivity contribution < 1.29 is 5.11 Å². The van der Waals surface area contributed by atoms with Crippen LogP contribution in [0.2, 0.25) is 0 Å². The maximum absolute atomic E-state index is 9.41. The van der Waals surface area contributed by atoms with Crippen LogP contribution >= 0.6 is 11.8 Å². The fourth-order valence-corrected chi connectivity index (χ4v) is 4.35. The normalized spacial score (nSPS) is 11.1. The molecule has 6 heteroatoms. The Kier molecular flexibility index (Phi) is 7.02. The summed E-state index contributed by atoms with van der Waals surface area (Å²) in [5, 5.41) is 14.6. The van der Waals surface area contributed by atoms with E-state index in [0.29, 0.717) is 11.4 Å². The number of hydrogen-bond acceptors (Lipinski definition) is 6. The molecule has 0 radical (unpaired) electrons. The largest absolute Gasteiger partial charge is 0.508 e. The first kappa shape index (κ1) is 23.0. The third kappa shape index (κ3) is 5.50. The SMILES string of the molecule is CSc1ncc2cc(-c3ccccc3)c(-c3ccc(CNCCc4ccc(O)cc4)cc3)nc2n1. The van der Waals surface area contributed by atoms with Gasteiger partial charge in [-0.05, 0) is 54.1 Å². The molecule has 174 valence electrons. The number of rotatable bonds is 8. The number of phenolic OH excluding ortho intramolecular Hbond substituents is 1. The maximum atomic E-state index is 9.41. The van der Waals surface area contributed by atoms with Crippen LogP contribution in [0.3, 0.4) is 0 Å². The van der Waals surface area contributed by atoms with E-state index in [1.165, 1.54) is 22.9 Å². The van der Waals surface area contributed by atoms with E-state index in [4.69, 9.17) is 4.98 Å². The van der Waals surface area contributed by atoms with Crippen LogP contribution in [0.15, 0.2) is 96.3 Å². The van der Waals surface area contributed by atoms with Crippen LogP contribution in [0.1, 0.15) is 11.1 Å². The van der Waals surface area contributed by atoms with E-state index in [0.717, 1.165) is 52.4 Å². The van der Waals surface area contributed by atoms with Crippen molar-refractivity contribution in [2.24, 2.45) is 0 Å². The molecule has 0 fully saturated rings. The van der Waals surface area contributed by atoms with Crippen LogP contribution in [0.4, 0.5) is 0 Å². The Morgan fingerprint density at radius 2 is 1.57 bits per heavy atom. The lowest BCUT2D eigenvalue weighted by Crippen LogP contribution is -2.16. The molecule has 0 saturated heterocycles. The minimum Gasteiger partial charge on any atom is -0.508 e. The Labute approximate surface area is 209 Å². The zero-order valence-electron chi connectivity index (χ0n) is 19.5. The highest BCUT2D eigenvalue weighted by Gasteiger charge is 2.13. The predicted molar refractivity (Wildman–Crippen MR) is 144 cm³/mol. The fraction of sp³-hybridized carbons (Fsp3) is 0.138. The minimum atomic E-state index is 0.301. The van der Waals surface area contributed by atoms with E-state index in [1.807, 2.05) is 42.8 Å². The van der Waals surface area contributed by atoms with Crippen molar-refractivity contribution >= 4 is 22.8 Å². The van der Waals surface area contributed by atoms with Crippen LogP contribution in [0, 0.1) is 0 Å². The van der Waals surface area contributed by atoms with Crippen LogP contribution in [0.5, 0.6) is 5.75 Å². The topological polar surface area (TPSA) is 70.9 Å². The molecule has 0 bridgehead atoms. The van der Waals surface area contributed by atoms with Gasteiger partial charge in [0.2, 0.25) is 0 Å². The Morgan fingerprint density at radius 1 is 0.829 bits per heavy atom. The van der Waals surface area contributed by atoms with Gasteiger partial charge >= 0.3 is 0 Å². The molecule has 0 aliphatic heterocycles. The molecule has 0 aliphatic carbocycles. The second kappa shape index (κ2) is 10.7. The molecule has 5 rings (SSSR count). The Hall–Kier alpha value is -3.74. The van der Waals surface area contributed by atoms with Crippen LogP contribution in [0.25, 0.3) is 33.4 Å². The lowest BCUT2D eigenvalue weighted by Gasteiger charge is -2.12. The second-order valence-electron chi connectivity index (χ2n) is 8.31. The summed E-state index contributed by atoms with van der Waals surface area (Å²) in [5.41, 5.74) is 7.29. The molecule has 5 nitrogen and oxygen atoms in total. The van der Waals surface area contributed by atoms with Gasteiger partial charge in [-0.3, -0.25) is 0 Å². The number of thioether (sulfide) groups is 1. The third-order valence-electron chi connectivity index (χ3n) is 5.90. The second-order valence-corrected chi connectivity index (χ2v) is 9.08. The summed E-state index contributed by atoms with van der Waals surface area (Å²) < 4.78 is 0. The predicted octanol–water partition coefficient (Wildman–Crippen LogP) is 6.12. The first-order valence-electron chi connectivity index (χ1n) is 11.5. The number of phenols is 1. The molecular formula is C29H26N4OS. The molecule has 2 N–H and O–H groups in total. The highest BCUT2D eigenvalue weighted by atomic mass is 32.2. The average Bonchev–Trinajstić information content (AvgIpc) is 2.92. The smallest absolute Gasteiger partial charge is 0.189 e. The summed E-state index contributed by atoms with van der Waals surface area (Å²) in [6, 6.07) is 28.4. The van der Waals surface area contributed by atoms with Gasteiger partial charge in [0.05, 0.1) is 5.69 Å². The highest BCUT2D eigenvalue weighted by molar-refractivity contribution is 7.98. The number of fused-ring (bicyclic) bond motifs is 1. The summed E-state index contributed by atoms with van der Waals surface area (Å²) in [7, 11) is 0. The molecule has 0 saturated carbocycles. The molecule has 0 aliphatic rings. The van der Waals surface area contributed by atoms with E-state index in [9.17, 15) is 5.11 Å². The summed E-state index contributed by atoms with van der Waals surface area (Å²) in [5.74, 6) is 0.301. The van der Waals surface area contributed by atoms with E-state index in [-0.39, 0.29) is 0 Å². The monoisotopic (exact) mass is 478 g/mol. The molecule has 2 heterocycles. The summed E-state index contributed by atoms with van der Waals surface area (Å²) in [6.45, 7) is 1.66. The molecule has 35 heavy (non-hydrogen) atoms. The van der Waals surface area contributed by atoms with Gasteiger partial charge in [-0.25, -0.2) is 15.0 Å². The van der Waals surface area contributed by atoms with Crippen molar-refractivity contribution in [1.29, 1.82) is 0 Å². The number of aromatic nitrogens is 3. The summed E-state index contributed by atoms with van der Waals surface area (Å²) in [4.78, 5) is 14.0. The zero-order valence-corrected chi connectivity index (χ0v) is 20.3. The lowest BCUT2D eigenvalue weighted by molar-refractivity contribution is 0.475. The van der Waals surface area contributed by atoms with Crippen molar-refractivity contribution in [2.75, 3.05) is 12.8 Å². The van der Waals surface area contributed by atoms with Gasteiger partial charge in [-0.2, -0.15) is 0 Å². The van der Waals surface area contributed by atoms with Gasteiger partial charge in [-0.15, -0.1) is 0 Å². The van der Waals surface area contributed by atoms with Gasteiger partial charge in [-0.1, -0.05) is 78.5 Å². The number of hydrogen-bond donors (Lipinski definition) is 2. The van der Waals surface area contributed by atoms with Crippen LogP contribution in [-0.2, 0) is 13.0 Å². The summed E-state index contributed by atoms with van der Waals surface area (Å²) >= 11 is 1.52. The van der Waals surface area contributed by atoms with Gasteiger partial charge in [0, 0.05) is 29.3 Å². The van der Waals surface area contributed by atoms with Crippen molar-refractivity contribution in [2.45, 2.75) is 18.1 Å². The molecule has 5 aromatic rings. The Bertz CT molecular complexity index is 1420. The van der Waals surface area contributed by atoms with Gasteiger partial charge in [0.25, 0.3) is 0 Å². The summed E-state index contributed by atoms with van der Waals surface area (Å²) in [6.07, 6.45) is 4.74. The first-order chi connectivity index (χ1) is 17.2. The number of nitrogens with one attached hydrogen (secondary N) is 1. The molecule has 0 amide bonds. The number of pyridine rings is 1. The fourth-order valence-electron chi connectivity index (χ4n) is 4.01. The van der Waals surface area contributed by atoms with Crippen molar-refractivity contribution in [3.8, 4) is 28.1 Å². The molecular weight excluding hydrogens is 452 g/mol. The quantitative estimate of drug-likeness (QED) is 0.159. The number of aromatic hydroxyl groups is 1. The number of benzene rings is 3. The minimum absolute atomic E-state index is 0.301. The van der Waals surface area contributed by atoms with Crippen LogP contribution < -0.4 is 5.32 Å². The van der Waals surface area contributed by atoms with Gasteiger partial charge in [0.1, 0.15) is 5.75 Å². The average molecular weight is 479 g/mol. The van der Waals surface area contributed by atoms with Crippen molar-refractivity contribution in [3.63, 3.8) is 0 Å². The zero-order chi connectivity index (χ0) is 24.0. The van der Waals surface area contributed by atoms with Gasteiger partial charge in [0.15, 0.2) is 10.8 Å². The van der Waals surface area contributed by atoms with Crippen molar-refractivity contribution in [1.82, 2.24) is 20.3 Å².